The van der Waals surface area contributed by atoms with Crippen molar-refractivity contribution in [2.24, 2.45) is 5.92 Å². The normalized spacial score (nSPS) is 12.5. The Morgan fingerprint density at radius 2 is 1.72 bits per heavy atom. The van der Waals surface area contributed by atoms with E-state index in [1.807, 2.05) is 0 Å². The van der Waals surface area contributed by atoms with Crippen LogP contribution in [0.3, 0.4) is 0 Å². The maximum absolute atomic E-state index is 12.7. The van der Waals surface area contributed by atoms with Crippen LogP contribution < -0.4 is 16.4 Å². The number of amides is 2. The highest BCUT2D eigenvalue weighted by atomic mass is 79.9. The minimum absolute atomic E-state index is 0.0661. The second-order valence-electron chi connectivity index (χ2n) is 8.08. The van der Waals surface area contributed by atoms with Crippen molar-refractivity contribution in [1.82, 2.24) is 0 Å². The first-order valence-electron chi connectivity index (χ1n) is 11.0. The number of phenolic OH excluding ortho intramolecular Hbond substituents is 1. The number of carbonyl (C=O) groups excluding carboxylic acids is 3. The van der Waals surface area contributed by atoms with Gasteiger partial charge in [0.1, 0.15) is 11.9 Å². The molecule has 0 saturated heterocycles. The van der Waals surface area contributed by atoms with E-state index < -0.39 is 24.0 Å². The summed E-state index contributed by atoms with van der Waals surface area (Å²) >= 11 is 3.37. The number of hydrogen-bond donors (Lipinski definition) is 4. The summed E-state index contributed by atoms with van der Waals surface area (Å²) in [7, 11) is 0. The summed E-state index contributed by atoms with van der Waals surface area (Å²) in [5, 5.41) is 15.8. The van der Waals surface area contributed by atoms with Crippen molar-refractivity contribution in [2.75, 3.05) is 16.4 Å². The molecule has 186 valence electrons. The highest BCUT2D eigenvalue weighted by Gasteiger charge is 2.25. The van der Waals surface area contributed by atoms with Crippen LogP contribution in [0.25, 0.3) is 0 Å². The summed E-state index contributed by atoms with van der Waals surface area (Å²) in [4.78, 5) is 36.6. The number of nitrogens with one attached hydrogen (secondary N) is 2. The molecule has 9 heteroatoms. The third kappa shape index (κ3) is 7.19. The molecule has 0 spiro atoms. The minimum Gasteiger partial charge on any atom is -0.508 e. The van der Waals surface area contributed by atoms with E-state index >= 15 is 0 Å². The number of carbonyl (C=O) groups is 3. The topological polar surface area (TPSA) is 131 Å². The molecule has 0 unspecified atom stereocenters. The molecule has 36 heavy (non-hydrogen) atoms. The zero-order chi connectivity index (χ0) is 26.2. The second kappa shape index (κ2) is 12.0. The Bertz CT molecular complexity index is 1290. The fraction of sp³-hybridized carbons (Fsp3) is 0.148. The Morgan fingerprint density at radius 3 is 2.39 bits per heavy atom. The van der Waals surface area contributed by atoms with Crippen LogP contribution in [0.5, 0.6) is 5.75 Å². The zero-order valence-electron chi connectivity index (χ0n) is 19.7. The molecular weight excluding hydrogens is 526 g/mol. The Kier molecular flexibility index (Phi) is 8.86. The molecule has 0 aliphatic rings. The van der Waals surface area contributed by atoms with Gasteiger partial charge in [0.25, 0.3) is 0 Å². The first kappa shape index (κ1) is 26.5. The summed E-state index contributed by atoms with van der Waals surface area (Å²) in [5.74, 6) is -1.07. The van der Waals surface area contributed by atoms with E-state index in [1.165, 1.54) is 19.1 Å². The van der Waals surface area contributed by atoms with Gasteiger partial charge in [0.15, 0.2) is 5.78 Å². The van der Waals surface area contributed by atoms with Crippen LogP contribution in [-0.2, 0) is 9.53 Å². The molecule has 2 atom stereocenters. The lowest BCUT2D eigenvalue weighted by molar-refractivity contribution is -0.111. The summed E-state index contributed by atoms with van der Waals surface area (Å²) in [5.41, 5.74) is 8.09. The SMILES string of the molecule is CC(=O)c1ccc(NC(=O)O[C@@H](c2cc(Br)ccc2O)[C@H](C)/C=C/C(=O)Nc2ccccc2N)cc1. The fourth-order valence-corrected chi connectivity index (χ4v) is 3.76. The lowest BCUT2D eigenvalue weighted by atomic mass is 9.96. The standard InChI is InChI=1S/C27H26BrN3O5/c1-16(7-14-25(34)31-23-6-4-3-5-22(23)29)26(21-15-19(28)10-13-24(21)33)36-27(35)30-20-11-8-18(9-12-20)17(2)32/h3-16,26,33H,29H2,1-2H3,(H,30,35)(H,31,34)/b14-7+/t16-,26-/m1/s1. The first-order valence-corrected chi connectivity index (χ1v) is 11.8. The second-order valence-corrected chi connectivity index (χ2v) is 9.00. The third-order valence-electron chi connectivity index (χ3n) is 5.32. The van der Waals surface area contributed by atoms with Gasteiger partial charge < -0.3 is 20.9 Å². The van der Waals surface area contributed by atoms with Crippen LogP contribution in [0, 0.1) is 5.92 Å². The van der Waals surface area contributed by atoms with Crippen LogP contribution in [0.1, 0.15) is 35.9 Å². The highest BCUT2D eigenvalue weighted by Crippen LogP contribution is 2.35. The average Bonchev–Trinajstić information content (AvgIpc) is 2.84. The Balaban J connectivity index is 1.77. The van der Waals surface area contributed by atoms with Crippen LogP contribution in [0.4, 0.5) is 21.9 Å². The summed E-state index contributed by atoms with van der Waals surface area (Å²) < 4.78 is 6.36. The molecular formula is C27H26BrN3O5. The number of phenols is 1. The molecule has 8 nitrogen and oxygen atoms in total. The monoisotopic (exact) mass is 551 g/mol. The van der Waals surface area contributed by atoms with Crippen molar-refractivity contribution < 1.29 is 24.2 Å². The number of benzene rings is 3. The van der Waals surface area contributed by atoms with E-state index in [1.54, 1.807) is 73.7 Å². The Morgan fingerprint density at radius 1 is 1.03 bits per heavy atom. The molecule has 0 radical (unpaired) electrons. The number of anilines is 3. The number of nitrogens with two attached hydrogens (primary N) is 1. The van der Waals surface area contributed by atoms with Crippen molar-refractivity contribution in [3.05, 3.63) is 94.5 Å². The fourth-order valence-electron chi connectivity index (χ4n) is 3.38. The highest BCUT2D eigenvalue weighted by molar-refractivity contribution is 9.10. The van der Waals surface area contributed by atoms with Gasteiger partial charge in [-0.15, -0.1) is 0 Å². The van der Waals surface area contributed by atoms with Gasteiger partial charge in [-0.2, -0.15) is 0 Å². The molecule has 0 heterocycles. The van der Waals surface area contributed by atoms with Crippen molar-refractivity contribution in [1.29, 1.82) is 0 Å². The Hall–Kier alpha value is -4.11. The molecule has 0 saturated carbocycles. The summed E-state index contributed by atoms with van der Waals surface area (Å²) in [6.45, 7) is 3.20. The van der Waals surface area contributed by atoms with Crippen molar-refractivity contribution in [3.63, 3.8) is 0 Å². The number of rotatable bonds is 8. The van der Waals surface area contributed by atoms with E-state index in [9.17, 15) is 19.5 Å². The van der Waals surface area contributed by atoms with Crippen LogP contribution >= 0.6 is 15.9 Å². The number of Topliss-reactive ketones (excluding diaryl/α,β-unsaturated/α-hetero) is 1. The van der Waals surface area contributed by atoms with Crippen molar-refractivity contribution in [3.8, 4) is 5.75 Å². The summed E-state index contributed by atoms with van der Waals surface area (Å²) in [6.07, 6.45) is 1.21. The molecule has 5 N–H and O–H groups in total. The summed E-state index contributed by atoms with van der Waals surface area (Å²) in [6, 6.07) is 18.0. The van der Waals surface area contributed by atoms with E-state index in [2.05, 4.69) is 26.6 Å². The minimum atomic E-state index is -0.926. The van der Waals surface area contributed by atoms with Gasteiger partial charge in [-0.1, -0.05) is 41.1 Å². The third-order valence-corrected chi connectivity index (χ3v) is 5.81. The van der Waals surface area contributed by atoms with E-state index in [0.29, 0.717) is 32.7 Å². The maximum Gasteiger partial charge on any atom is 0.412 e. The van der Waals surface area contributed by atoms with E-state index in [4.69, 9.17) is 10.5 Å². The maximum atomic E-state index is 12.7. The van der Waals surface area contributed by atoms with Crippen molar-refractivity contribution in [2.45, 2.75) is 20.0 Å². The number of ether oxygens (including phenoxy) is 1. The zero-order valence-corrected chi connectivity index (χ0v) is 21.3. The van der Waals surface area contributed by atoms with Gasteiger partial charge in [0.05, 0.1) is 11.4 Å². The number of para-hydroxylation sites is 2. The number of nitrogen functional groups attached to an aromatic ring is 1. The smallest absolute Gasteiger partial charge is 0.412 e. The van der Waals surface area contributed by atoms with Gasteiger partial charge in [-0.25, -0.2) is 4.79 Å². The lowest BCUT2D eigenvalue weighted by Crippen LogP contribution is -2.21. The molecule has 3 rings (SSSR count). The molecule has 0 aromatic heterocycles. The largest absolute Gasteiger partial charge is 0.508 e. The van der Waals surface area contributed by atoms with Gasteiger partial charge >= 0.3 is 6.09 Å². The van der Waals surface area contributed by atoms with Gasteiger partial charge in [-0.05, 0) is 67.6 Å². The van der Waals surface area contributed by atoms with Crippen LogP contribution in [-0.4, -0.2) is 22.9 Å². The van der Waals surface area contributed by atoms with E-state index in [-0.39, 0.29) is 11.5 Å². The lowest BCUT2D eigenvalue weighted by Gasteiger charge is -2.24. The van der Waals surface area contributed by atoms with Gasteiger partial charge in [-0.3, -0.25) is 14.9 Å². The van der Waals surface area contributed by atoms with E-state index in [0.717, 1.165) is 0 Å². The van der Waals surface area contributed by atoms with Crippen molar-refractivity contribution >= 4 is 50.8 Å². The van der Waals surface area contributed by atoms with Gasteiger partial charge in [0, 0.05) is 27.2 Å². The molecule has 3 aromatic carbocycles. The number of ketones is 1. The van der Waals surface area contributed by atoms with Gasteiger partial charge in [0.2, 0.25) is 5.91 Å². The number of halogens is 1. The quantitative estimate of drug-likeness (QED) is 0.153. The Labute approximate surface area is 217 Å². The molecule has 0 bridgehead atoms. The molecule has 0 aliphatic carbocycles. The molecule has 0 fully saturated rings. The predicted octanol–water partition coefficient (Wildman–Crippen LogP) is 6.06. The predicted molar refractivity (Wildman–Crippen MR) is 143 cm³/mol. The molecule has 0 aliphatic heterocycles. The molecule has 3 aromatic rings. The van der Waals surface area contributed by atoms with Crippen LogP contribution in [0.15, 0.2) is 83.4 Å². The molecule has 2 amide bonds. The number of aromatic hydroxyl groups is 1. The average molecular weight is 552 g/mol. The number of hydrogen-bond acceptors (Lipinski definition) is 6. The van der Waals surface area contributed by atoms with Crippen LogP contribution in [0.2, 0.25) is 0 Å². The first-order chi connectivity index (χ1) is 17.1.